The summed E-state index contributed by atoms with van der Waals surface area (Å²) in [6.45, 7) is 3.80. The maximum Gasteiger partial charge on any atom is 0.342 e. The minimum Gasteiger partial charge on any atom is -0.507 e. The number of aromatic nitrogens is 4. The number of fused-ring (bicyclic) bond motifs is 2. The molecule has 0 spiro atoms. The predicted octanol–water partition coefficient (Wildman–Crippen LogP) is 1.30. The van der Waals surface area contributed by atoms with Gasteiger partial charge in [0, 0.05) is 17.5 Å². The Morgan fingerprint density at radius 2 is 2.10 bits per heavy atom. The summed E-state index contributed by atoms with van der Waals surface area (Å²) in [5.41, 5.74) is 8.62. The lowest BCUT2D eigenvalue weighted by Gasteiger charge is -2.15. The van der Waals surface area contributed by atoms with Crippen molar-refractivity contribution in [3.8, 4) is 11.5 Å². The number of allylic oxidation sites excluding steroid dienone is 2. The van der Waals surface area contributed by atoms with Gasteiger partial charge in [-0.05, 0) is 32.3 Å². The minimum absolute atomic E-state index is 0.00636. The van der Waals surface area contributed by atoms with E-state index in [4.69, 9.17) is 34.9 Å². The van der Waals surface area contributed by atoms with Crippen molar-refractivity contribution in [1.82, 2.24) is 19.5 Å². The van der Waals surface area contributed by atoms with E-state index >= 15 is 0 Å². The van der Waals surface area contributed by atoms with Crippen molar-refractivity contribution in [1.29, 1.82) is 0 Å². The third-order valence-corrected chi connectivity index (χ3v) is 6.68. The van der Waals surface area contributed by atoms with E-state index in [0.717, 1.165) is 11.1 Å². The SMILES string of the molecule is COc1c(C)c2c(c(O)c1C/C=C(\C)CCC(=O)O)C(=O)OC2.Nc1nc2c(ncn2[C@H]2CO[C@@H](CO)O2)c(=O)[nH]1. The third-order valence-electron chi connectivity index (χ3n) is 6.68. The fraction of sp³-hybridized carbons (Fsp3) is 0.423. The van der Waals surface area contributed by atoms with Crippen LogP contribution in [0, 0.1) is 6.92 Å². The van der Waals surface area contributed by atoms with Gasteiger partial charge < -0.3 is 40.0 Å². The van der Waals surface area contributed by atoms with Gasteiger partial charge in [-0.3, -0.25) is 19.1 Å². The number of phenolic OH excluding ortho intramolecular Hbond substituents is 1. The first-order chi connectivity index (χ1) is 19.5. The summed E-state index contributed by atoms with van der Waals surface area (Å²) in [5, 5.41) is 28.1. The second-order valence-electron chi connectivity index (χ2n) is 9.37. The highest BCUT2D eigenvalue weighted by Gasteiger charge is 2.32. The molecule has 1 aromatic carbocycles. The van der Waals surface area contributed by atoms with E-state index in [1.807, 2.05) is 19.9 Å². The number of benzene rings is 1. The second kappa shape index (κ2) is 12.4. The molecule has 3 aromatic rings. The molecule has 4 heterocycles. The number of aliphatic hydroxyl groups is 1. The van der Waals surface area contributed by atoms with Gasteiger partial charge in [0.05, 0.1) is 26.7 Å². The molecule has 1 fully saturated rings. The van der Waals surface area contributed by atoms with Crippen LogP contribution in [-0.4, -0.2) is 73.4 Å². The Bertz CT molecular complexity index is 1560. The van der Waals surface area contributed by atoms with Crippen LogP contribution in [-0.2, 0) is 32.0 Å². The number of hydrogen-bond acceptors (Lipinski definition) is 12. The number of nitrogen functional groups attached to an aromatic ring is 1. The number of aromatic amines is 1. The number of imidazole rings is 1. The summed E-state index contributed by atoms with van der Waals surface area (Å²) >= 11 is 0. The minimum atomic E-state index is -0.853. The number of nitrogens with two attached hydrogens (primary N) is 1. The lowest BCUT2D eigenvalue weighted by molar-refractivity contribution is -0.136. The Morgan fingerprint density at radius 1 is 1.34 bits per heavy atom. The topological polar surface area (TPSA) is 221 Å². The van der Waals surface area contributed by atoms with Crippen molar-refractivity contribution < 1.29 is 43.9 Å². The summed E-state index contributed by atoms with van der Waals surface area (Å²) in [7, 11) is 1.51. The zero-order chi connectivity index (χ0) is 29.8. The van der Waals surface area contributed by atoms with Crippen molar-refractivity contribution in [3.05, 3.63) is 50.6 Å². The molecule has 0 unspecified atom stereocenters. The molecular formula is C26H31N5O10. The molecule has 220 valence electrons. The Labute approximate surface area is 233 Å². The number of aliphatic hydroxyl groups excluding tert-OH is 1. The summed E-state index contributed by atoms with van der Waals surface area (Å²) in [6.07, 6.45) is 2.95. The van der Waals surface area contributed by atoms with Gasteiger partial charge in [0.15, 0.2) is 23.7 Å². The van der Waals surface area contributed by atoms with Gasteiger partial charge in [-0.1, -0.05) is 11.6 Å². The first-order valence-corrected chi connectivity index (χ1v) is 12.6. The molecule has 15 nitrogen and oxygen atoms in total. The second-order valence-corrected chi connectivity index (χ2v) is 9.37. The standard InChI is InChI=1S/C17H20O6.C9H11N5O4/c1-9(5-7-13(18)19)4-6-11-15(20)14-12(8-23-17(14)21)10(2)16(11)22-3;10-9-12-7-6(8(16)13-9)11-3-14(7)4-2-17-5(1-15)18-4/h4,20H,5-8H2,1-3H3,(H,18,19);3-5,15H,1-2H2,(H3,10,12,13,16)/b9-4+;/t;4-,5-/m.1/s1. The quantitative estimate of drug-likeness (QED) is 0.190. The molecule has 2 aromatic heterocycles. The first-order valence-electron chi connectivity index (χ1n) is 12.6. The maximum atomic E-state index is 11.8. The molecule has 0 aliphatic carbocycles. The largest absolute Gasteiger partial charge is 0.507 e. The Hall–Kier alpha value is -4.47. The monoisotopic (exact) mass is 573 g/mol. The molecule has 0 amide bonds. The number of methoxy groups -OCH3 is 1. The molecule has 15 heteroatoms. The van der Waals surface area contributed by atoms with E-state index in [-0.39, 0.29) is 49.0 Å². The molecule has 0 bridgehead atoms. The van der Waals surface area contributed by atoms with Crippen LogP contribution in [0.3, 0.4) is 0 Å². The molecule has 6 N–H and O–H groups in total. The zero-order valence-electron chi connectivity index (χ0n) is 22.7. The number of H-pyrrole nitrogens is 1. The van der Waals surface area contributed by atoms with Crippen LogP contribution in [0.15, 0.2) is 22.8 Å². The van der Waals surface area contributed by atoms with Crippen LogP contribution >= 0.6 is 0 Å². The van der Waals surface area contributed by atoms with Crippen molar-refractivity contribution in [2.45, 2.75) is 52.2 Å². The number of cyclic esters (lactones) is 1. The Balaban J connectivity index is 0.000000194. The molecule has 2 atom stereocenters. The maximum absolute atomic E-state index is 11.8. The molecule has 41 heavy (non-hydrogen) atoms. The molecule has 2 aliphatic heterocycles. The number of aromatic hydroxyl groups is 1. The summed E-state index contributed by atoms with van der Waals surface area (Å²) in [5.74, 6) is -0.966. The fourth-order valence-corrected chi connectivity index (χ4v) is 4.55. The number of hydrogen-bond donors (Lipinski definition) is 5. The first kappa shape index (κ1) is 29.5. The van der Waals surface area contributed by atoms with Gasteiger partial charge in [-0.2, -0.15) is 4.98 Å². The summed E-state index contributed by atoms with van der Waals surface area (Å²) in [6, 6.07) is 0. The number of carbonyl (C=O) groups excluding carboxylic acids is 1. The van der Waals surface area contributed by atoms with Gasteiger partial charge in [0.2, 0.25) is 5.95 Å². The van der Waals surface area contributed by atoms with Crippen molar-refractivity contribution >= 4 is 29.1 Å². The van der Waals surface area contributed by atoms with Gasteiger partial charge in [-0.25, -0.2) is 9.78 Å². The highest BCUT2D eigenvalue weighted by Crippen LogP contribution is 2.42. The van der Waals surface area contributed by atoms with E-state index in [9.17, 15) is 19.5 Å². The molecule has 0 radical (unpaired) electrons. The lowest BCUT2D eigenvalue weighted by Crippen LogP contribution is -2.16. The number of ether oxygens (including phenoxy) is 4. The van der Waals surface area contributed by atoms with Crippen LogP contribution < -0.4 is 16.0 Å². The van der Waals surface area contributed by atoms with E-state index in [1.165, 1.54) is 13.4 Å². The summed E-state index contributed by atoms with van der Waals surface area (Å²) < 4.78 is 22.5. The van der Waals surface area contributed by atoms with Crippen molar-refractivity contribution in [2.24, 2.45) is 0 Å². The zero-order valence-corrected chi connectivity index (χ0v) is 22.7. The average Bonchev–Trinajstić information content (AvgIpc) is 3.67. The number of rotatable bonds is 8. The molecule has 5 rings (SSSR count). The average molecular weight is 574 g/mol. The Kier molecular flexibility index (Phi) is 8.90. The summed E-state index contributed by atoms with van der Waals surface area (Å²) in [4.78, 5) is 44.3. The molecule has 0 saturated carbocycles. The van der Waals surface area contributed by atoms with E-state index in [0.29, 0.717) is 35.4 Å². The van der Waals surface area contributed by atoms with Gasteiger partial charge in [-0.15, -0.1) is 0 Å². The predicted molar refractivity (Wildman–Crippen MR) is 142 cm³/mol. The normalized spacial score (nSPS) is 18.1. The number of anilines is 1. The number of nitrogens with one attached hydrogen (secondary N) is 1. The van der Waals surface area contributed by atoms with Crippen LogP contribution in [0.4, 0.5) is 5.95 Å². The lowest BCUT2D eigenvalue weighted by atomic mass is 9.94. The Morgan fingerprint density at radius 3 is 2.76 bits per heavy atom. The van der Waals surface area contributed by atoms with E-state index in [2.05, 4.69) is 15.0 Å². The smallest absolute Gasteiger partial charge is 0.342 e. The van der Waals surface area contributed by atoms with Crippen LogP contribution in [0.5, 0.6) is 11.5 Å². The van der Waals surface area contributed by atoms with Crippen LogP contribution in [0.1, 0.15) is 53.0 Å². The number of aliphatic carboxylic acids is 1. The highest BCUT2D eigenvalue weighted by atomic mass is 16.7. The van der Waals surface area contributed by atoms with Crippen LogP contribution in [0.2, 0.25) is 0 Å². The number of nitrogens with zero attached hydrogens (tertiary/aromatic N) is 3. The molecule has 2 aliphatic rings. The molecular weight excluding hydrogens is 542 g/mol. The number of carboxylic acids is 1. The van der Waals surface area contributed by atoms with Gasteiger partial charge in [0.1, 0.15) is 23.7 Å². The fourth-order valence-electron chi connectivity index (χ4n) is 4.55. The van der Waals surface area contributed by atoms with Crippen LogP contribution in [0.25, 0.3) is 11.2 Å². The van der Waals surface area contributed by atoms with E-state index < -0.39 is 30.0 Å². The van der Waals surface area contributed by atoms with Gasteiger partial charge >= 0.3 is 11.9 Å². The number of esters is 1. The number of phenols is 1. The van der Waals surface area contributed by atoms with Crippen molar-refractivity contribution in [3.63, 3.8) is 0 Å². The van der Waals surface area contributed by atoms with Crippen molar-refractivity contribution in [2.75, 3.05) is 26.1 Å². The number of carboxylic acid groups (broad SMARTS) is 1. The number of carbonyl (C=O) groups is 2. The highest BCUT2D eigenvalue weighted by molar-refractivity contribution is 5.98. The third kappa shape index (κ3) is 6.16. The van der Waals surface area contributed by atoms with Gasteiger partial charge in [0.25, 0.3) is 5.56 Å². The molecule has 1 saturated heterocycles. The van der Waals surface area contributed by atoms with E-state index in [1.54, 1.807) is 4.57 Å².